The van der Waals surface area contributed by atoms with Gasteiger partial charge in [-0.25, -0.2) is 13.2 Å². The van der Waals surface area contributed by atoms with E-state index in [1.165, 1.54) is 6.92 Å². The van der Waals surface area contributed by atoms with E-state index >= 15 is 0 Å². The van der Waals surface area contributed by atoms with Gasteiger partial charge in [-0.3, -0.25) is 4.79 Å². The minimum absolute atomic E-state index is 0.0244. The first-order chi connectivity index (χ1) is 6.50. The van der Waals surface area contributed by atoms with Crippen molar-refractivity contribution in [1.82, 2.24) is 5.32 Å². The Balaban J connectivity index is 2.84. The summed E-state index contributed by atoms with van der Waals surface area (Å²) in [6.45, 7) is 1.25. The molecule has 0 aliphatic heterocycles. The standard InChI is InChI=1S/C9H8F3NO/c1-5(14)13-4-6-2-7(10)9(12)8(11)3-6/h2-3H,4H2,1H3,(H,13,14). The molecule has 0 spiro atoms. The maximum absolute atomic E-state index is 12.6. The maximum Gasteiger partial charge on any atom is 0.217 e. The lowest BCUT2D eigenvalue weighted by atomic mass is 10.2. The third kappa shape index (κ3) is 2.48. The molecule has 0 aliphatic carbocycles. The largest absolute Gasteiger partial charge is 0.352 e. The van der Waals surface area contributed by atoms with Gasteiger partial charge in [-0.15, -0.1) is 0 Å². The van der Waals surface area contributed by atoms with Crippen LogP contribution in [0.15, 0.2) is 12.1 Å². The van der Waals surface area contributed by atoms with Crippen molar-refractivity contribution in [2.24, 2.45) is 0 Å². The Hall–Kier alpha value is -1.52. The lowest BCUT2D eigenvalue weighted by molar-refractivity contribution is -0.119. The summed E-state index contributed by atoms with van der Waals surface area (Å²) in [5.41, 5.74) is 0.177. The van der Waals surface area contributed by atoms with E-state index in [-0.39, 0.29) is 18.0 Å². The van der Waals surface area contributed by atoms with Gasteiger partial charge in [0.2, 0.25) is 5.91 Å². The van der Waals surface area contributed by atoms with Crippen molar-refractivity contribution in [3.8, 4) is 0 Å². The Bertz CT molecular complexity index is 342. The Kier molecular flexibility index (Phi) is 3.11. The molecule has 1 N–H and O–H groups in total. The van der Waals surface area contributed by atoms with Crippen LogP contribution in [0.1, 0.15) is 12.5 Å². The summed E-state index contributed by atoms with van der Waals surface area (Å²) in [6, 6.07) is 1.68. The molecule has 1 aromatic rings. The zero-order valence-corrected chi connectivity index (χ0v) is 7.40. The van der Waals surface area contributed by atoms with Gasteiger partial charge in [0.25, 0.3) is 0 Å². The van der Waals surface area contributed by atoms with Gasteiger partial charge in [-0.05, 0) is 17.7 Å². The van der Waals surface area contributed by atoms with Crippen molar-refractivity contribution in [2.45, 2.75) is 13.5 Å². The lowest BCUT2D eigenvalue weighted by Gasteiger charge is -2.03. The predicted molar refractivity (Wildman–Crippen MR) is 43.8 cm³/mol. The number of carbonyl (C=O) groups is 1. The second-order valence-corrected chi connectivity index (χ2v) is 2.78. The maximum atomic E-state index is 12.6. The molecule has 0 aromatic heterocycles. The molecule has 2 nitrogen and oxygen atoms in total. The summed E-state index contributed by atoms with van der Waals surface area (Å²) in [4.78, 5) is 10.5. The number of nitrogens with one attached hydrogen (secondary N) is 1. The smallest absolute Gasteiger partial charge is 0.217 e. The highest BCUT2D eigenvalue weighted by atomic mass is 19.2. The molecule has 0 radical (unpaired) electrons. The first-order valence-electron chi connectivity index (χ1n) is 3.88. The van der Waals surface area contributed by atoms with Crippen molar-refractivity contribution < 1.29 is 18.0 Å². The summed E-state index contributed by atoms with van der Waals surface area (Å²) in [7, 11) is 0. The highest BCUT2D eigenvalue weighted by molar-refractivity contribution is 5.72. The van der Waals surface area contributed by atoms with Crippen LogP contribution in [0, 0.1) is 17.5 Å². The Morgan fingerprint density at radius 3 is 2.21 bits per heavy atom. The molecule has 1 aromatic carbocycles. The fourth-order valence-electron chi connectivity index (χ4n) is 0.937. The van der Waals surface area contributed by atoms with Crippen LogP contribution in [0.3, 0.4) is 0 Å². The molecule has 0 saturated carbocycles. The van der Waals surface area contributed by atoms with E-state index < -0.39 is 17.5 Å². The van der Waals surface area contributed by atoms with Gasteiger partial charge in [-0.1, -0.05) is 0 Å². The Morgan fingerprint density at radius 2 is 1.79 bits per heavy atom. The van der Waals surface area contributed by atoms with Gasteiger partial charge in [0, 0.05) is 13.5 Å². The van der Waals surface area contributed by atoms with Crippen molar-refractivity contribution in [1.29, 1.82) is 0 Å². The molecule has 0 aliphatic rings. The summed E-state index contributed by atoms with van der Waals surface area (Å²) in [6.07, 6.45) is 0. The third-order valence-corrected chi connectivity index (χ3v) is 1.59. The first-order valence-corrected chi connectivity index (χ1v) is 3.88. The first kappa shape index (κ1) is 10.6. The van der Waals surface area contributed by atoms with Crippen molar-refractivity contribution in [2.75, 3.05) is 0 Å². The van der Waals surface area contributed by atoms with E-state index in [9.17, 15) is 18.0 Å². The molecule has 1 amide bonds. The molecule has 0 unspecified atom stereocenters. The zero-order chi connectivity index (χ0) is 10.7. The SMILES string of the molecule is CC(=O)NCc1cc(F)c(F)c(F)c1. The van der Waals surface area contributed by atoms with Crippen LogP contribution < -0.4 is 5.32 Å². The molecule has 0 saturated heterocycles. The molecular formula is C9H8F3NO. The van der Waals surface area contributed by atoms with Gasteiger partial charge in [0.1, 0.15) is 0 Å². The van der Waals surface area contributed by atoms with Crippen molar-refractivity contribution >= 4 is 5.91 Å². The molecule has 76 valence electrons. The summed E-state index contributed by atoms with van der Waals surface area (Å²) in [5.74, 6) is -4.34. The number of halogens is 3. The van der Waals surface area contributed by atoms with Crippen LogP contribution in [-0.4, -0.2) is 5.91 Å². The number of hydrogen-bond donors (Lipinski definition) is 1. The van der Waals surface area contributed by atoms with Crippen LogP contribution >= 0.6 is 0 Å². The van der Waals surface area contributed by atoms with Gasteiger partial charge in [0.05, 0.1) is 0 Å². The quantitative estimate of drug-likeness (QED) is 0.729. The van der Waals surface area contributed by atoms with E-state index in [4.69, 9.17) is 0 Å². The molecule has 1 rings (SSSR count). The van der Waals surface area contributed by atoms with Gasteiger partial charge >= 0.3 is 0 Å². The number of hydrogen-bond acceptors (Lipinski definition) is 1. The van der Waals surface area contributed by atoms with Crippen molar-refractivity contribution in [3.63, 3.8) is 0 Å². The number of carbonyl (C=O) groups excluding carboxylic acids is 1. The van der Waals surface area contributed by atoms with Crippen molar-refractivity contribution in [3.05, 3.63) is 35.1 Å². The summed E-state index contributed by atoms with van der Waals surface area (Å²) in [5, 5.41) is 2.34. The second-order valence-electron chi connectivity index (χ2n) is 2.78. The van der Waals surface area contributed by atoms with E-state index in [0.717, 1.165) is 12.1 Å². The summed E-state index contributed by atoms with van der Waals surface area (Å²) >= 11 is 0. The molecule has 0 heterocycles. The molecule has 0 fully saturated rings. The lowest BCUT2D eigenvalue weighted by Crippen LogP contribution is -2.19. The van der Waals surface area contributed by atoms with Crippen LogP contribution in [0.25, 0.3) is 0 Å². The number of rotatable bonds is 2. The normalized spacial score (nSPS) is 10.0. The van der Waals surface area contributed by atoms with Gasteiger partial charge in [-0.2, -0.15) is 0 Å². The fraction of sp³-hybridized carbons (Fsp3) is 0.222. The van der Waals surface area contributed by atoms with E-state index in [0.29, 0.717) is 0 Å². The third-order valence-electron chi connectivity index (χ3n) is 1.59. The van der Waals surface area contributed by atoms with Crippen LogP contribution in [0.5, 0.6) is 0 Å². The van der Waals surface area contributed by atoms with E-state index in [1.54, 1.807) is 0 Å². The Labute approximate surface area is 78.7 Å². The highest BCUT2D eigenvalue weighted by Gasteiger charge is 2.10. The minimum Gasteiger partial charge on any atom is -0.352 e. The minimum atomic E-state index is -1.50. The predicted octanol–water partition coefficient (Wildman–Crippen LogP) is 1.74. The van der Waals surface area contributed by atoms with Crippen LogP contribution in [-0.2, 0) is 11.3 Å². The molecular weight excluding hydrogens is 195 g/mol. The molecule has 0 atom stereocenters. The average Bonchev–Trinajstić information content (AvgIpc) is 2.10. The number of benzene rings is 1. The number of amides is 1. The van der Waals surface area contributed by atoms with Crippen LogP contribution in [0.2, 0.25) is 0 Å². The van der Waals surface area contributed by atoms with E-state index in [1.807, 2.05) is 0 Å². The topological polar surface area (TPSA) is 29.1 Å². The monoisotopic (exact) mass is 203 g/mol. The molecule has 14 heavy (non-hydrogen) atoms. The highest BCUT2D eigenvalue weighted by Crippen LogP contribution is 2.13. The van der Waals surface area contributed by atoms with Crippen LogP contribution in [0.4, 0.5) is 13.2 Å². The Morgan fingerprint density at radius 1 is 1.29 bits per heavy atom. The molecule has 5 heteroatoms. The fourth-order valence-corrected chi connectivity index (χ4v) is 0.937. The average molecular weight is 203 g/mol. The zero-order valence-electron chi connectivity index (χ0n) is 7.40. The second kappa shape index (κ2) is 4.13. The van der Waals surface area contributed by atoms with Gasteiger partial charge < -0.3 is 5.32 Å². The molecule has 0 bridgehead atoms. The van der Waals surface area contributed by atoms with Gasteiger partial charge in [0.15, 0.2) is 17.5 Å². The summed E-state index contributed by atoms with van der Waals surface area (Å²) < 4.78 is 37.7. The van der Waals surface area contributed by atoms with E-state index in [2.05, 4.69) is 5.32 Å².